The highest BCUT2D eigenvalue weighted by atomic mass is 16.5. The lowest BCUT2D eigenvalue weighted by molar-refractivity contribution is 0.122. The Morgan fingerprint density at radius 1 is 1.11 bits per heavy atom. The number of hydrogen-bond acceptors (Lipinski definition) is 4. The minimum Gasteiger partial charge on any atom is -0.378 e. The first-order valence-corrected chi connectivity index (χ1v) is 6.23. The van der Waals surface area contributed by atoms with Gasteiger partial charge in [-0.1, -0.05) is 12.1 Å². The Balaban J connectivity index is 2.09. The van der Waals surface area contributed by atoms with E-state index in [4.69, 9.17) is 16.2 Å². The number of nitrogens with two attached hydrogens (primary N) is 2. The van der Waals surface area contributed by atoms with Crippen LogP contribution in [-0.4, -0.2) is 38.0 Å². The number of guanidine groups is 1. The molecule has 0 saturated carbocycles. The molecule has 1 fully saturated rings. The van der Waals surface area contributed by atoms with E-state index in [1.807, 2.05) is 19.1 Å². The highest BCUT2D eigenvalue weighted by molar-refractivity contribution is 5.99. The van der Waals surface area contributed by atoms with Gasteiger partial charge in [-0.05, 0) is 24.6 Å². The second kappa shape index (κ2) is 6.19. The second-order valence-corrected chi connectivity index (χ2v) is 4.36. The van der Waals surface area contributed by atoms with Crippen LogP contribution in [0.15, 0.2) is 34.5 Å². The Kier molecular flexibility index (Phi) is 4.35. The number of morpholine rings is 1. The van der Waals surface area contributed by atoms with Gasteiger partial charge in [0.2, 0.25) is 5.96 Å². The molecule has 19 heavy (non-hydrogen) atoms. The van der Waals surface area contributed by atoms with Crippen molar-refractivity contribution in [1.29, 1.82) is 0 Å². The van der Waals surface area contributed by atoms with Crippen LogP contribution in [0.3, 0.4) is 0 Å². The van der Waals surface area contributed by atoms with E-state index < -0.39 is 0 Å². The molecule has 0 spiro atoms. The third-order valence-electron chi connectivity index (χ3n) is 2.98. The monoisotopic (exact) mass is 261 g/mol. The summed E-state index contributed by atoms with van der Waals surface area (Å²) in [5.74, 6) is -0.0377. The zero-order valence-corrected chi connectivity index (χ0v) is 11.0. The van der Waals surface area contributed by atoms with E-state index in [-0.39, 0.29) is 5.96 Å². The van der Waals surface area contributed by atoms with Gasteiger partial charge in [-0.25, -0.2) is 0 Å². The topological polar surface area (TPSA) is 89.2 Å². The second-order valence-electron chi connectivity index (χ2n) is 4.36. The summed E-state index contributed by atoms with van der Waals surface area (Å²) in [5, 5.41) is 7.60. The van der Waals surface area contributed by atoms with Crippen LogP contribution in [0.5, 0.6) is 0 Å². The summed E-state index contributed by atoms with van der Waals surface area (Å²) < 4.78 is 5.34. The fraction of sp³-hybridized carbons (Fsp3) is 0.385. The van der Waals surface area contributed by atoms with Crippen LogP contribution < -0.4 is 16.4 Å². The van der Waals surface area contributed by atoms with Crippen molar-refractivity contribution in [2.24, 2.45) is 21.7 Å². The van der Waals surface area contributed by atoms with Crippen molar-refractivity contribution < 1.29 is 4.74 Å². The first kappa shape index (κ1) is 13.4. The molecule has 0 unspecified atom stereocenters. The minimum atomic E-state index is -0.0377. The number of ether oxygens (including phenoxy) is 1. The fourth-order valence-electron chi connectivity index (χ4n) is 1.93. The number of benzene rings is 1. The lowest BCUT2D eigenvalue weighted by Crippen LogP contribution is -2.36. The number of anilines is 1. The van der Waals surface area contributed by atoms with Gasteiger partial charge in [0.1, 0.15) is 0 Å². The van der Waals surface area contributed by atoms with E-state index >= 15 is 0 Å². The van der Waals surface area contributed by atoms with Crippen molar-refractivity contribution in [3.63, 3.8) is 0 Å². The maximum absolute atomic E-state index is 5.34. The van der Waals surface area contributed by atoms with Gasteiger partial charge in [0.05, 0.1) is 18.9 Å². The van der Waals surface area contributed by atoms with Gasteiger partial charge in [0.25, 0.3) is 0 Å². The zero-order valence-electron chi connectivity index (χ0n) is 11.0. The summed E-state index contributed by atoms with van der Waals surface area (Å²) in [4.78, 5) is 2.30. The molecule has 0 radical (unpaired) electrons. The first-order valence-electron chi connectivity index (χ1n) is 6.23. The van der Waals surface area contributed by atoms with Crippen molar-refractivity contribution in [2.75, 3.05) is 31.2 Å². The largest absolute Gasteiger partial charge is 0.378 e. The van der Waals surface area contributed by atoms with Crippen molar-refractivity contribution in [1.82, 2.24) is 0 Å². The summed E-state index contributed by atoms with van der Waals surface area (Å²) in [5.41, 5.74) is 13.5. The predicted octanol–water partition coefficient (Wildman–Crippen LogP) is 0.521. The van der Waals surface area contributed by atoms with Crippen LogP contribution in [0.2, 0.25) is 0 Å². The molecule has 1 aliphatic rings. The van der Waals surface area contributed by atoms with Crippen LogP contribution in [0.1, 0.15) is 12.5 Å². The van der Waals surface area contributed by atoms with Crippen molar-refractivity contribution >= 4 is 17.4 Å². The molecule has 4 N–H and O–H groups in total. The first-order chi connectivity index (χ1) is 9.16. The van der Waals surface area contributed by atoms with Gasteiger partial charge in [0, 0.05) is 18.8 Å². The van der Waals surface area contributed by atoms with Gasteiger partial charge in [-0.15, -0.1) is 5.10 Å². The SMILES string of the molecule is CC(=NN=C(N)N)c1ccc(N2CCOCC2)cc1. The molecule has 1 aliphatic heterocycles. The molecule has 1 heterocycles. The molecule has 1 aromatic rings. The lowest BCUT2D eigenvalue weighted by Gasteiger charge is -2.28. The van der Waals surface area contributed by atoms with Gasteiger partial charge in [-0.3, -0.25) is 0 Å². The molecule has 6 nitrogen and oxygen atoms in total. The average molecular weight is 261 g/mol. The van der Waals surface area contributed by atoms with Crippen molar-refractivity contribution in [3.8, 4) is 0 Å². The molecule has 0 bridgehead atoms. The van der Waals surface area contributed by atoms with E-state index in [1.165, 1.54) is 5.69 Å². The van der Waals surface area contributed by atoms with Crippen LogP contribution in [0.25, 0.3) is 0 Å². The van der Waals surface area contributed by atoms with Gasteiger partial charge in [0.15, 0.2) is 0 Å². The summed E-state index contributed by atoms with van der Waals surface area (Å²) in [6.07, 6.45) is 0. The maximum Gasteiger partial charge on any atom is 0.211 e. The van der Waals surface area contributed by atoms with E-state index in [0.717, 1.165) is 37.6 Å². The van der Waals surface area contributed by atoms with Crippen molar-refractivity contribution in [2.45, 2.75) is 6.92 Å². The molecule has 1 saturated heterocycles. The molecule has 1 aromatic carbocycles. The Morgan fingerprint density at radius 3 is 2.32 bits per heavy atom. The maximum atomic E-state index is 5.34. The van der Waals surface area contributed by atoms with E-state index in [2.05, 4.69) is 27.2 Å². The summed E-state index contributed by atoms with van der Waals surface area (Å²) in [6.45, 7) is 5.30. The van der Waals surface area contributed by atoms with Crippen LogP contribution in [-0.2, 0) is 4.74 Å². The predicted molar refractivity (Wildman–Crippen MR) is 77.5 cm³/mol. The number of hydrogen-bond donors (Lipinski definition) is 2. The van der Waals surface area contributed by atoms with E-state index in [9.17, 15) is 0 Å². The minimum absolute atomic E-state index is 0.0377. The molecule has 0 aliphatic carbocycles. The Bertz CT molecular complexity index is 470. The third-order valence-corrected chi connectivity index (χ3v) is 2.98. The quantitative estimate of drug-likeness (QED) is 0.471. The Morgan fingerprint density at radius 2 is 1.74 bits per heavy atom. The van der Waals surface area contributed by atoms with Crippen LogP contribution >= 0.6 is 0 Å². The van der Waals surface area contributed by atoms with E-state index in [0.29, 0.717) is 0 Å². The van der Waals surface area contributed by atoms with Crippen LogP contribution in [0.4, 0.5) is 5.69 Å². The Hall–Kier alpha value is -2.08. The molecule has 102 valence electrons. The molecule has 6 heteroatoms. The lowest BCUT2D eigenvalue weighted by atomic mass is 10.1. The van der Waals surface area contributed by atoms with Gasteiger partial charge < -0.3 is 21.1 Å². The smallest absolute Gasteiger partial charge is 0.211 e. The standard InChI is InChI=1S/C13H19N5O/c1-10(16-17-13(14)15)11-2-4-12(5-3-11)18-6-8-19-9-7-18/h2-5H,6-9H2,1H3,(H4,14,15,17). The molecule has 0 amide bonds. The number of rotatable bonds is 3. The molecular weight excluding hydrogens is 242 g/mol. The highest BCUT2D eigenvalue weighted by Crippen LogP contribution is 2.17. The third kappa shape index (κ3) is 3.69. The summed E-state index contributed by atoms with van der Waals surface area (Å²) in [7, 11) is 0. The average Bonchev–Trinajstić information content (AvgIpc) is 2.46. The normalized spacial score (nSPS) is 16.3. The van der Waals surface area contributed by atoms with Crippen molar-refractivity contribution in [3.05, 3.63) is 29.8 Å². The van der Waals surface area contributed by atoms with Gasteiger partial charge in [-0.2, -0.15) is 5.10 Å². The summed E-state index contributed by atoms with van der Waals surface area (Å²) >= 11 is 0. The molecular formula is C13H19N5O. The number of nitrogens with zero attached hydrogens (tertiary/aromatic N) is 3. The molecule has 0 atom stereocenters. The Labute approximate surface area is 112 Å². The van der Waals surface area contributed by atoms with Gasteiger partial charge >= 0.3 is 0 Å². The fourth-order valence-corrected chi connectivity index (χ4v) is 1.93. The molecule has 0 aromatic heterocycles. The van der Waals surface area contributed by atoms with E-state index in [1.54, 1.807) is 0 Å². The zero-order chi connectivity index (χ0) is 13.7. The summed E-state index contributed by atoms with van der Waals surface area (Å²) in [6, 6.07) is 8.20. The van der Waals surface area contributed by atoms with Crippen LogP contribution in [0, 0.1) is 0 Å². The highest BCUT2D eigenvalue weighted by Gasteiger charge is 2.10. The molecule has 2 rings (SSSR count).